The van der Waals surface area contributed by atoms with E-state index in [9.17, 15) is 0 Å². The molecule has 0 aromatic rings. The lowest BCUT2D eigenvalue weighted by atomic mass is 10.6. The van der Waals surface area contributed by atoms with Crippen LogP contribution < -0.4 is 0 Å². The third-order valence-electron chi connectivity index (χ3n) is 2.54. The summed E-state index contributed by atoms with van der Waals surface area (Å²) in [6.45, 7) is 8.90. The molecule has 0 rings (SSSR count). The van der Waals surface area contributed by atoms with Crippen LogP contribution in [0.2, 0.25) is 17.6 Å². The second kappa shape index (κ2) is 4.14. The summed E-state index contributed by atoms with van der Waals surface area (Å²) >= 11 is 0. The van der Waals surface area contributed by atoms with Crippen LogP contribution in [0.3, 0.4) is 0 Å². The van der Waals surface area contributed by atoms with Crippen molar-refractivity contribution in [3.05, 3.63) is 7.11 Å². The van der Waals surface area contributed by atoms with Crippen molar-refractivity contribution in [2.75, 3.05) is 0 Å². The molecule has 2 heteroatoms. The van der Waals surface area contributed by atoms with E-state index in [-0.39, 0.29) is 0 Å². The van der Waals surface area contributed by atoms with Crippen LogP contribution in [0.4, 0.5) is 0 Å². The molecule has 0 aliphatic carbocycles. The molecule has 0 N–H and O–H groups in total. The molecule has 0 atom stereocenters. The van der Waals surface area contributed by atoms with Crippen molar-refractivity contribution in [2.24, 2.45) is 0 Å². The predicted molar refractivity (Wildman–Crippen MR) is 48.3 cm³/mol. The summed E-state index contributed by atoms with van der Waals surface area (Å²) in [7, 11) is 2.18. The Balaban J connectivity index is 4.15. The van der Waals surface area contributed by atoms with Gasteiger partial charge in [0.2, 0.25) is 0 Å². The Morgan fingerprint density at radius 3 is 1.70 bits per heavy atom. The summed E-state index contributed by atoms with van der Waals surface area (Å²) in [5.74, 6) is 0. The van der Waals surface area contributed by atoms with Crippen LogP contribution in [0.5, 0.6) is 0 Å². The van der Waals surface area contributed by atoms with E-state index in [4.69, 9.17) is 4.43 Å². The first kappa shape index (κ1) is 10.2. The normalized spacial score (nSPS) is 12.6. The number of hydrogen-bond acceptors (Lipinski definition) is 1. The zero-order valence-electron chi connectivity index (χ0n) is 7.61. The quantitative estimate of drug-likeness (QED) is 0.572. The van der Waals surface area contributed by atoms with Crippen LogP contribution >= 0.6 is 0 Å². The maximum atomic E-state index is 5.39. The lowest BCUT2D eigenvalue weighted by molar-refractivity contribution is 0.436. The largest absolute Gasteiger partial charge is 0.414 e. The lowest BCUT2D eigenvalue weighted by Crippen LogP contribution is -2.37. The minimum Gasteiger partial charge on any atom is -0.414 e. The summed E-state index contributed by atoms with van der Waals surface area (Å²) in [5.41, 5.74) is 0.694. The molecule has 0 heterocycles. The third-order valence-corrected chi connectivity index (χ3v) is 7.61. The van der Waals surface area contributed by atoms with Gasteiger partial charge in [-0.15, -0.1) is 0 Å². The third kappa shape index (κ3) is 1.83. The van der Waals surface area contributed by atoms with E-state index in [1.165, 1.54) is 12.1 Å². The van der Waals surface area contributed by atoms with E-state index in [0.717, 1.165) is 0 Å². The molecule has 0 saturated heterocycles. The fourth-order valence-corrected chi connectivity index (χ4v) is 4.31. The first-order valence-electron chi connectivity index (χ1n) is 4.06. The molecule has 0 amide bonds. The second-order valence-electron chi connectivity index (χ2n) is 3.07. The van der Waals surface area contributed by atoms with Gasteiger partial charge in [-0.1, -0.05) is 27.7 Å². The standard InChI is InChI=1S/C8H19OSi/c1-6-10(7-2,9-5)8(3)4/h8H,5-7H2,1-4H3. The molecule has 61 valence electrons. The fourth-order valence-electron chi connectivity index (χ4n) is 1.44. The predicted octanol–water partition coefficient (Wildman–Crippen LogP) is 3.19. The summed E-state index contributed by atoms with van der Waals surface area (Å²) in [6.07, 6.45) is 0. The van der Waals surface area contributed by atoms with Gasteiger partial charge >= 0.3 is 0 Å². The molecule has 0 aliphatic rings. The molecule has 0 aliphatic heterocycles. The maximum Gasteiger partial charge on any atom is 0.194 e. The summed E-state index contributed by atoms with van der Waals surface area (Å²) < 4.78 is 5.39. The Kier molecular flexibility index (Phi) is 4.21. The Morgan fingerprint density at radius 2 is 1.70 bits per heavy atom. The lowest BCUT2D eigenvalue weighted by Gasteiger charge is -2.30. The molecule has 1 radical (unpaired) electrons. The van der Waals surface area contributed by atoms with Gasteiger partial charge in [0.05, 0.1) is 7.11 Å². The summed E-state index contributed by atoms with van der Waals surface area (Å²) in [5, 5.41) is 0. The summed E-state index contributed by atoms with van der Waals surface area (Å²) in [4.78, 5) is 0. The van der Waals surface area contributed by atoms with Crippen molar-refractivity contribution >= 4 is 8.32 Å². The van der Waals surface area contributed by atoms with Gasteiger partial charge in [0, 0.05) is 0 Å². The van der Waals surface area contributed by atoms with Crippen molar-refractivity contribution in [1.82, 2.24) is 0 Å². The molecule has 0 bridgehead atoms. The smallest absolute Gasteiger partial charge is 0.194 e. The van der Waals surface area contributed by atoms with Crippen LogP contribution in [0.15, 0.2) is 0 Å². The maximum absolute atomic E-state index is 5.39. The Labute approximate surface area is 65.9 Å². The van der Waals surface area contributed by atoms with Crippen LogP contribution in [-0.2, 0) is 4.43 Å². The van der Waals surface area contributed by atoms with Crippen LogP contribution in [0.25, 0.3) is 0 Å². The van der Waals surface area contributed by atoms with Gasteiger partial charge < -0.3 is 4.43 Å². The molecular formula is C8H19OSi. The topological polar surface area (TPSA) is 9.23 Å². The van der Waals surface area contributed by atoms with Crippen LogP contribution in [0.1, 0.15) is 27.7 Å². The van der Waals surface area contributed by atoms with Crippen LogP contribution in [0, 0.1) is 7.11 Å². The Bertz CT molecular complexity index is 79.0. The number of hydrogen-bond donors (Lipinski definition) is 0. The molecule has 10 heavy (non-hydrogen) atoms. The first-order chi connectivity index (χ1) is 4.63. The average Bonchev–Trinajstić information content (AvgIpc) is 1.92. The molecular weight excluding hydrogens is 140 g/mol. The first-order valence-corrected chi connectivity index (χ1v) is 6.46. The highest BCUT2D eigenvalue weighted by molar-refractivity contribution is 6.75. The van der Waals surface area contributed by atoms with Gasteiger partial charge in [0.25, 0.3) is 0 Å². The van der Waals surface area contributed by atoms with Crippen LogP contribution in [-0.4, -0.2) is 8.32 Å². The van der Waals surface area contributed by atoms with E-state index >= 15 is 0 Å². The van der Waals surface area contributed by atoms with Crippen molar-refractivity contribution in [3.8, 4) is 0 Å². The molecule has 0 saturated carbocycles. The fraction of sp³-hybridized carbons (Fsp3) is 0.875. The van der Waals surface area contributed by atoms with Gasteiger partial charge in [0.1, 0.15) is 0 Å². The Morgan fingerprint density at radius 1 is 1.30 bits per heavy atom. The van der Waals surface area contributed by atoms with Crippen molar-refractivity contribution < 1.29 is 4.43 Å². The van der Waals surface area contributed by atoms with E-state index in [1.54, 1.807) is 0 Å². The minimum atomic E-state index is -1.41. The summed E-state index contributed by atoms with van der Waals surface area (Å²) in [6, 6.07) is 2.37. The average molecular weight is 159 g/mol. The van der Waals surface area contributed by atoms with Gasteiger partial charge in [-0.05, 0) is 17.6 Å². The number of rotatable bonds is 4. The molecule has 0 spiro atoms. The van der Waals surface area contributed by atoms with Crippen molar-refractivity contribution in [2.45, 2.75) is 45.3 Å². The van der Waals surface area contributed by atoms with Gasteiger partial charge in [-0.25, -0.2) is 0 Å². The van der Waals surface area contributed by atoms with Gasteiger partial charge in [-0.2, -0.15) is 0 Å². The molecule has 0 fully saturated rings. The van der Waals surface area contributed by atoms with Gasteiger partial charge in [-0.3, -0.25) is 0 Å². The molecule has 0 unspecified atom stereocenters. The van der Waals surface area contributed by atoms with E-state index in [0.29, 0.717) is 5.54 Å². The zero-order valence-corrected chi connectivity index (χ0v) is 8.61. The molecule has 0 aromatic carbocycles. The van der Waals surface area contributed by atoms with E-state index < -0.39 is 8.32 Å². The molecule has 0 aromatic heterocycles. The van der Waals surface area contributed by atoms with Crippen molar-refractivity contribution in [3.63, 3.8) is 0 Å². The second-order valence-corrected chi connectivity index (χ2v) is 8.06. The zero-order chi connectivity index (χ0) is 8.20. The van der Waals surface area contributed by atoms with Gasteiger partial charge in [0.15, 0.2) is 8.32 Å². The van der Waals surface area contributed by atoms with E-state index in [2.05, 4.69) is 34.8 Å². The highest BCUT2D eigenvalue weighted by atomic mass is 28.4. The Hall–Kier alpha value is 0.177. The molecule has 1 nitrogen and oxygen atoms in total. The SMILES string of the molecule is [CH2]O[Si](CC)(CC)C(C)C. The monoisotopic (exact) mass is 159 g/mol. The highest BCUT2D eigenvalue weighted by Crippen LogP contribution is 2.29. The van der Waals surface area contributed by atoms with E-state index in [1.807, 2.05) is 0 Å². The minimum absolute atomic E-state index is 0.694. The van der Waals surface area contributed by atoms with Crippen molar-refractivity contribution in [1.29, 1.82) is 0 Å². The highest BCUT2D eigenvalue weighted by Gasteiger charge is 2.33.